The minimum atomic E-state index is -1.39. The lowest BCUT2D eigenvalue weighted by Crippen LogP contribution is -2.62. The van der Waals surface area contributed by atoms with Gasteiger partial charge in [-0.2, -0.15) is 0 Å². The summed E-state index contributed by atoms with van der Waals surface area (Å²) in [6, 6.07) is 0. The van der Waals surface area contributed by atoms with Gasteiger partial charge in [-0.15, -0.1) is 6.58 Å². The fourth-order valence-corrected chi connectivity index (χ4v) is 3.03. The van der Waals surface area contributed by atoms with Crippen LogP contribution in [0, 0.1) is 0 Å². The average Bonchev–Trinajstić information content (AvgIpc) is 2.76. The van der Waals surface area contributed by atoms with Gasteiger partial charge >= 0.3 is 17.9 Å². The van der Waals surface area contributed by atoms with E-state index in [2.05, 4.69) is 6.58 Å². The van der Waals surface area contributed by atoms with E-state index in [0.717, 1.165) is 0 Å². The number of methoxy groups -OCH3 is 1. The van der Waals surface area contributed by atoms with E-state index in [-0.39, 0.29) is 43.7 Å². The van der Waals surface area contributed by atoms with Gasteiger partial charge < -0.3 is 38.4 Å². The largest absolute Gasteiger partial charge is 0.455 e. The highest BCUT2D eigenvalue weighted by Crippen LogP contribution is 2.30. The Hall–Kier alpha value is -2.63. The predicted octanol–water partition coefficient (Wildman–Crippen LogP) is 0.790. The third kappa shape index (κ3) is 9.80. The molecular formula is C22H32O11. The maximum absolute atomic E-state index is 12.4. The molecule has 0 aromatic rings. The molecule has 0 bridgehead atoms. The molecule has 0 saturated carbocycles. The lowest BCUT2D eigenvalue weighted by Gasteiger charge is -2.43. The molecule has 1 fully saturated rings. The average molecular weight is 472 g/mol. The Bertz CT molecular complexity index is 717. The van der Waals surface area contributed by atoms with Gasteiger partial charge in [-0.1, -0.05) is 6.08 Å². The number of rotatable bonds is 14. The first-order chi connectivity index (χ1) is 15.6. The summed E-state index contributed by atoms with van der Waals surface area (Å²) >= 11 is 0. The van der Waals surface area contributed by atoms with Crippen LogP contribution in [-0.4, -0.2) is 79.0 Å². The van der Waals surface area contributed by atoms with Gasteiger partial charge in [0.2, 0.25) is 0 Å². The molecule has 0 aromatic carbocycles. The maximum Gasteiger partial charge on any atom is 0.306 e. The van der Waals surface area contributed by atoms with Crippen LogP contribution >= 0.6 is 0 Å². The molecule has 5 atom stereocenters. The lowest BCUT2D eigenvalue weighted by atomic mass is 9.98. The zero-order chi connectivity index (χ0) is 25.0. The van der Waals surface area contributed by atoms with E-state index in [9.17, 15) is 29.1 Å². The number of carbonyl (C=O) groups is 5. The van der Waals surface area contributed by atoms with Crippen molar-refractivity contribution in [1.82, 2.24) is 0 Å². The number of esters is 3. The SMILES string of the molecule is C=CCCC(=O)O[C@H]1[C@H](OC(=O)CCC(C)=O)[C@H](OC(=O)CCC(C)=O)[C@@H](OC)O[C@@H]1CO. The van der Waals surface area contributed by atoms with Crippen LogP contribution in [0.15, 0.2) is 12.7 Å². The summed E-state index contributed by atoms with van der Waals surface area (Å²) in [5.41, 5.74) is 0. The fourth-order valence-electron chi connectivity index (χ4n) is 3.03. The first-order valence-electron chi connectivity index (χ1n) is 10.6. The summed E-state index contributed by atoms with van der Waals surface area (Å²) in [5, 5.41) is 9.79. The second-order valence-corrected chi connectivity index (χ2v) is 7.56. The van der Waals surface area contributed by atoms with Gasteiger partial charge in [0, 0.05) is 26.4 Å². The van der Waals surface area contributed by atoms with Crippen LogP contribution < -0.4 is 0 Å². The zero-order valence-corrected chi connectivity index (χ0v) is 19.2. The Morgan fingerprint density at radius 2 is 1.30 bits per heavy atom. The number of allylic oxidation sites excluding steroid dienone is 1. The molecule has 1 aliphatic heterocycles. The topological polar surface area (TPSA) is 152 Å². The molecule has 1 heterocycles. The minimum absolute atomic E-state index is 0.0279. The Labute approximate surface area is 192 Å². The molecule has 1 aliphatic rings. The highest BCUT2D eigenvalue weighted by atomic mass is 16.7. The van der Waals surface area contributed by atoms with Crippen molar-refractivity contribution in [3.63, 3.8) is 0 Å². The number of Topliss-reactive ketones (excluding diaryl/α,β-unsaturated/α-hetero) is 2. The highest BCUT2D eigenvalue weighted by molar-refractivity contribution is 5.81. The molecule has 0 aromatic heterocycles. The molecule has 0 spiro atoms. The van der Waals surface area contributed by atoms with E-state index in [1.807, 2.05) is 0 Å². The van der Waals surface area contributed by atoms with E-state index in [4.69, 9.17) is 23.7 Å². The van der Waals surface area contributed by atoms with Gasteiger partial charge in [0.15, 0.2) is 24.6 Å². The summed E-state index contributed by atoms with van der Waals surface area (Å²) in [5.74, 6) is -2.73. The molecule has 0 unspecified atom stereocenters. The quantitative estimate of drug-likeness (QED) is 0.217. The summed E-state index contributed by atoms with van der Waals surface area (Å²) in [6.07, 6.45) is -5.33. The molecule has 0 amide bonds. The molecule has 1 saturated heterocycles. The number of ether oxygens (including phenoxy) is 5. The molecule has 1 N–H and O–H groups in total. The Morgan fingerprint density at radius 1 is 0.818 bits per heavy atom. The van der Waals surface area contributed by atoms with Crippen molar-refractivity contribution in [3.05, 3.63) is 12.7 Å². The summed E-state index contributed by atoms with van der Waals surface area (Å²) in [6.45, 7) is 5.54. The van der Waals surface area contributed by atoms with E-state index in [0.29, 0.717) is 6.42 Å². The number of aliphatic hydroxyl groups excluding tert-OH is 1. The van der Waals surface area contributed by atoms with Crippen LogP contribution in [0.2, 0.25) is 0 Å². The number of ketones is 2. The van der Waals surface area contributed by atoms with Crippen molar-refractivity contribution >= 4 is 29.5 Å². The van der Waals surface area contributed by atoms with Gasteiger partial charge in [-0.05, 0) is 20.3 Å². The molecule has 33 heavy (non-hydrogen) atoms. The molecule has 186 valence electrons. The Balaban J connectivity index is 3.20. The monoisotopic (exact) mass is 472 g/mol. The van der Waals surface area contributed by atoms with Crippen LogP contribution in [0.5, 0.6) is 0 Å². The maximum atomic E-state index is 12.4. The van der Waals surface area contributed by atoms with Crippen LogP contribution in [0.3, 0.4) is 0 Å². The summed E-state index contributed by atoms with van der Waals surface area (Å²) in [7, 11) is 1.25. The second kappa shape index (κ2) is 14.5. The first kappa shape index (κ1) is 28.4. The number of hydrogen-bond donors (Lipinski definition) is 1. The fraction of sp³-hybridized carbons (Fsp3) is 0.682. The standard InChI is InChI=1S/C22H32O11/c1-5-6-7-16(26)31-19-15(12-23)30-22(29-4)21(33-18(28)11-9-14(3)25)20(19)32-17(27)10-8-13(2)24/h5,15,19-23H,1,6-12H2,2-4H3/t15-,19-,20+,21+,22+/m1/s1. The number of carbonyl (C=O) groups excluding carboxylic acids is 5. The molecule has 11 heteroatoms. The van der Waals surface area contributed by atoms with Crippen molar-refractivity contribution in [2.75, 3.05) is 13.7 Å². The van der Waals surface area contributed by atoms with Gasteiger partial charge in [-0.3, -0.25) is 14.4 Å². The lowest BCUT2D eigenvalue weighted by molar-refractivity contribution is -0.302. The van der Waals surface area contributed by atoms with E-state index >= 15 is 0 Å². The summed E-state index contributed by atoms with van der Waals surface area (Å²) < 4.78 is 27.1. The van der Waals surface area contributed by atoms with E-state index in [1.54, 1.807) is 0 Å². The molecule has 0 radical (unpaired) electrons. The summed E-state index contributed by atoms with van der Waals surface area (Å²) in [4.78, 5) is 59.4. The normalized spacial score (nSPS) is 24.4. The minimum Gasteiger partial charge on any atom is -0.455 e. The predicted molar refractivity (Wildman–Crippen MR) is 112 cm³/mol. The van der Waals surface area contributed by atoms with E-state index in [1.165, 1.54) is 27.0 Å². The number of aliphatic hydroxyl groups is 1. The highest BCUT2D eigenvalue weighted by Gasteiger charge is 2.52. The van der Waals surface area contributed by atoms with Crippen LogP contribution in [0.4, 0.5) is 0 Å². The van der Waals surface area contributed by atoms with Gasteiger partial charge in [0.25, 0.3) is 0 Å². The smallest absolute Gasteiger partial charge is 0.306 e. The van der Waals surface area contributed by atoms with Crippen LogP contribution in [0.25, 0.3) is 0 Å². The zero-order valence-electron chi connectivity index (χ0n) is 19.2. The van der Waals surface area contributed by atoms with Gasteiger partial charge in [-0.25, -0.2) is 0 Å². The van der Waals surface area contributed by atoms with Crippen molar-refractivity contribution in [1.29, 1.82) is 0 Å². The van der Waals surface area contributed by atoms with Crippen molar-refractivity contribution < 1.29 is 52.8 Å². The van der Waals surface area contributed by atoms with Gasteiger partial charge in [0.05, 0.1) is 19.4 Å². The molecule has 11 nitrogen and oxygen atoms in total. The Kier molecular flexibility index (Phi) is 12.5. The third-order valence-corrected chi connectivity index (χ3v) is 4.72. The third-order valence-electron chi connectivity index (χ3n) is 4.72. The number of hydrogen-bond acceptors (Lipinski definition) is 11. The van der Waals surface area contributed by atoms with Crippen molar-refractivity contribution in [2.45, 2.75) is 83.1 Å². The van der Waals surface area contributed by atoms with Crippen LogP contribution in [-0.2, 0) is 47.7 Å². The van der Waals surface area contributed by atoms with Crippen LogP contribution in [0.1, 0.15) is 52.4 Å². The van der Waals surface area contributed by atoms with Crippen molar-refractivity contribution in [3.8, 4) is 0 Å². The van der Waals surface area contributed by atoms with Gasteiger partial charge in [0.1, 0.15) is 17.7 Å². The van der Waals surface area contributed by atoms with E-state index < -0.39 is 55.2 Å². The van der Waals surface area contributed by atoms with Crippen molar-refractivity contribution in [2.24, 2.45) is 0 Å². The molecule has 1 rings (SSSR count). The molecular weight excluding hydrogens is 440 g/mol. The first-order valence-corrected chi connectivity index (χ1v) is 10.6. The molecule has 0 aliphatic carbocycles. The Morgan fingerprint density at radius 3 is 1.76 bits per heavy atom. The second-order valence-electron chi connectivity index (χ2n) is 7.56.